The van der Waals surface area contributed by atoms with Crippen LogP contribution in [-0.4, -0.2) is 36.5 Å². The molecule has 14 heavy (non-hydrogen) atoms. The van der Waals surface area contributed by atoms with E-state index >= 15 is 0 Å². The molecule has 2 N–H and O–H groups in total. The van der Waals surface area contributed by atoms with Crippen LogP contribution >= 0.6 is 0 Å². The number of hydrogen-bond donors (Lipinski definition) is 1. The van der Waals surface area contributed by atoms with Crippen LogP contribution in [0.5, 0.6) is 0 Å². The maximum absolute atomic E-state index is 5.61. The minimum absolute atomic E-state index is 0.322. The van der Waals surface area contributed by atoms with Crippen molar-refractivity contribution in [2.45, 2.75) is 12.6 Å². The fourth-order valence-corrected chi connectivity index (χ4v) is 1.54. The van der Waals surface area contributed by atoms with Gasteiger partial charge in [0.05, 0.1) is 12.3 Å². The van der Waals surface area contributed by atoms with Crippen molar-refractivity contribution >= 4 is 5.82 Å². The predicted molar refractivity (Wildman–Crippen MR) is 52.9 cm³/mol. The summed E-state index contributed by atoms with van der Waals surface area (Å²) in [7, 11) is 1.72. The normalized spacial score (nSPS) is 16.9. The van der Waals surface area contributed by atoms with Crippen LogP contribution in [0.15, 0.2) is 12.3 Å². The highest BCUT2D eigenvalue weighted by atomic mass is 16.5. The smallest absolute Gasteiger partial charge is 0.155 e. The monoisotopic (exact) mass is 194 g/mol. The van der Waals surface area contributed by atoms with Crippen LogP contribution in [0.1, 0.15) is 5.56 Å². The fourth-order valence-electron chi connectivity index (χ4n) is 1.54. The van der Waals surface area contributed by atoms with Gasteiger partial charge in [0.15, 0.2) is 5.82 Å². The molecule has 1 saturated heterocycles. The zero-order chi connectivity index (χ0) is 9.97. The van der Waals surface area contributed by atoms with E-state index in [0.29, 0.717) is 12.6 Å². The van der Waals surface area contributed by atoms with Crippen molar-refractivity contribution in [3.8, 4) is 0 Å². The van der Waals surface area contributed by atoms with Gasteiger partial charge in [-0.25, -0.2) is 0 Å². The highest BCUT2D eigenvalue weighted by Gasteiger charge is 2.28. The van der Waals surface area contributed by atoms with Gasteiger partial charge in [-0.3, -0.25) is 0 Å². The number of ether oxygens (including phenoxy) is 1. The van der Waals surface area contributed by atoms with Crippen molar-refractivity contribution in [3.05, 3.63) is 17.8 Å². The summed E-state index contributed by atoms with van der Waals surface area (Å²) in [5, 5.41) is 7.94. The first-order valence-corrected chi connectivity index (χ1v) is 4.63. The van der Waals surface area contributed by atoms with Crippen LogP contribution in [0.25, 0.3) is 0 Å². The molecule has 0 bridgehead atoms. The number of anilines is 1. The van der Waals surface area contributed by atoms with E-state index in [4.69, 9.17) is 10.5 Å². The summed E-state index contributed by atoms with van der Waals surface area (Å²) in [4.78, 5) is 2.13. The third-order valence-electron chi connectivity index (χ3n) is 2.48. The van der Waals surface area contributed by atoms with Gasteiger partial charge in [0.25, 0.3) is 0 Å². The van der Waals surface area contributed by atoms with Gasteiger partial charge in [-0.15, -0.1) is 5.10 Å². The Kier molecular flexibility index (Phi) is 2.60. The molecule has 5 nitrogen and oxygen atoms in total. The van der Waals surface area contributed by atoms with Gasteiger partial charge in [0.2, 0.25) is 0 Å². The van der Waals surface area contributed by atoms with Crippen LogP contribution < -0.4 is 10.6 Å². The summed E-state index contributed by atoms with van der Waals surface area (Å²) in [6, 6.07) is 1.91. The van der Waals surface area contributed by atoms with E-state index in [1.54, 1.807) is 13.3 Å². The third kappa shape index (κ3) is 1.56. The Morgan fingerprint density at radius 1 is 1.64 bits per heavy atom. The lowest BCUT2D eigenvalue weighted by molar-refractivity contribution is 0.0781. The molecule has 2 rings (SSSR count). The molecular weight excluding hydrogens is 180 g/mol. The van der Waals surface area contributed by atoms with Crippen LogP contribution in [0.3, 0.4) is 0 Å². The average Bonchev–Trinajstić information content (AvgIpc) is 2.17. The molecule has 1 fully saturated rings. The fraction of sp³-hybridized carbons (Fsp3) is 0.556. The molecule has 0 unspecified atom stereocenters. The van der Waals surface area contributed by atoms with E-state index in [1.807, 2.05) is 6.07 Å². The number of nitrogens with two attached hydrogens (primary N) is 1. The summed E-state index contributed by atoms with van der Waals surface area (Å²) < 4.78 is 5.19. The number of nitrogens with zero attached hydrogens (tertiary/aromatic N) is 3. The second kappa shape index (κ2) is 3.89. The second-order valence-corrected chi connectivity index (χ2v) is 3.35. The first-order valence-electron chi connectivity index (χ1n) is 4.63. The van der Waals surface area contributed by atoms with Gasteiger partial charge in [0, 0.05) is 32.3 Å². The zero-order valence-corrected chi connectivity index (χ0v) is 8.18. The van der Waals surface area contributed by atoms with Crippen molar-refractivity contribution in [3.63, 3.8) is 0 Å². The van der Waals surface area contributed by atoms with E-state index in [-0.39, 0.29) is 0 Å². The molecule has 0 amide bonds. The molecule has 1 aromatic rings. The molecule has 1 aliphatic rings. The van der Waals surface area contributed by atoms with E-state index in [9.17, 15) is 0 Å². The number of rotatable bonds is 3. The second-order valence-electron chi connectivity index (χ2n) is 3.35. The SMILES string of the molecule is COC1CN(c2nnccc2CN)C1. The lowest BCUT2D eigenvalue weighted by Gasteiger charge is -2.39. The summed E-state index contributed by atoms with van der Waals surface area (Å²) >= 11 is 0. The van der Waals surface area contributed by atoms with Crippen LogP contribution in [0, 0.1) is 0 Å². The summed E-state index contributed by atoms with van der Waals surface area (Å²) in [6.07, 6.45) is 1.99. The lowest BCUT2D eigenvalue weighted by Crippen LogP contribution is -2.52. The molecule has 0 atom stereocenters. The van der Waals surface area contributed by atoms with E-state index in [2.05, 4.69) is 15.1 Å². The van der Waals surface area contributed by atoms with Crippen molar-refractivity contribution in [2.24, 2.45) is 5.73 Å². The van der Waals surface area contributed by atoms with Crippen molar-refractivity contribution in [1.82, 2.24) is 10.2 Å². The van der Waals surface area contributed by atoms with E-state index in [0.717, 1.165) is 24.5 Å². The largest absolute Gasteiger partial charge is 0.378 e. The first kappa shape index (κ1) is 9.36. The highest BCUT2D eigenvalue weighted by molar-refractivity contribution is 5.48. The highest BCUT2D eigenvalue weighted by Crippen LogP contribution is 2.22. The maximum atomic E-state index is 5.61. The Labute approximate surface area is 82.9 Å². The van der Waals surface area contributed by atoms with Crippen molar-refractivity contribution in [1.29, 1.82) is 0 Å². The van der Waals surface area contributed by atoms with Crippen molar-refractivity contribution < 1.29 is 4.74 Å². The molecule has 0 aliphatic carbocycles. The Hall–Kier alpha value is -1.20. The van der Waals surface area contributed by atoms with E-state index in [1.165, 1.54) is 0 Å². The zero-order valence-electron chi connectivity index (χ0n) is 8.18. The summed E-state index contributed by atoms with van der Waals surface area (Å²) in [5.74, 6) is 0.892. The molecule has 1 aliphatic heterocycles. The first-order chi connectivity index (χ1) is 6.85. The minimum atomic E-state index is 0.322. The topological polar surface area (TPSA) is 64.3 Å². The molecule has 1 aromatic heterocycles. The van der Waals surface area contributed by atoms with Crippen LogP contribution in [-0.2, 0) is 11.3 Å². The van der Waals surface area contributed by atoms with Crippen LogP contribution in [0.4, 0.5) is 5.82 Å². The Morgan fingerprint density at radius 3 is 3.07 bits per heavy atom. The molecule has 0 spiro atoms. The molecule has 2 heterocycles. The predicted octanol–water partition coefficient (Wildman–Crippen LogP) is -0.230. The molecule has 0 radical (unpaired) electrons. The third-order valence-corrected chi connectivity index (χ3v) is 2.48. The van der Waals surface area contributed by atoms with Crippen molar-refractivity contribution in [2.75, 3.05) is 25.1 Å². The van der Waals surface area contributed by atoms with Gasteiger partial charge in [-0.2, -0.15) is 5.10 Å². The van der Waals surface area contributed by atoms with Gasteiger partial charge >= 0.3 is 0 Å². The van der Waals surface area contributed by atoms with Gasteiger partial charge < -0.3 is 15.4 Å². The average molecular weight is 194 g/mol. The lowest BCUT2D eigenvalue weighted by atomic mass is 10.1. The van der Waals surface area contributed by atoms with Gasteiger partial charge in [-0.1, -0.05) is 0 Å². The standard InChI is InChI=1S/C9H14N4O/c1-14-8-5-13(6-8)9-7(4-10)2-3-11-12-9/h2-3,8H,4-6,10H2,1H3. The van der Waals surface area contributed by atoms with Gasteiger partial charge in [-0.05, 0) is 6.07 Å². The molecule has 0 saturated carbocycles. The quantitative estimate of drug-likeness (QED) is 0.720. The Balaban J connectivity index is 2.10. The molecular formula is C9H14N4O. The molecule has 5 heteroatoms. The molecule has 0 aromatic carbocycles. The van der Waals surface area contributed by atoms with E-state index < -0.39 is 0 Å². The number of hydrogen-bond acceptors (Lipinski definition) is 5. The maximum Gasteiger partial charge on any atom is 0.155 e. The Morgan fingerprint density at radius 2 is 2.43 bits per heavy atom. The number of aromatic nitrogens is 2. The summed E-state index contributed by atoms with van der Waals surface area (Å²) in [6.45, 7) is 2.25. The minimum Gasteiger partial charge on any atom is -0.378 e. The number of methoxy groups -OCH3 is 1. The van der Waals surface area contributed by atoms with Crippen LogP contribution in [0.2, 0.25) is 0 Å². The summed E-state index contributed by atoms with van der Waals surface area (Å²) in [5.41, 5.74) is 6.65. The Bertz CT molecular complexity index is 311. The van der Waals surface area contributed by atoms with Gasteiger partial charge in [0.1, 0.15) is 0 Å². The molecule has 76 valence electrons.